The summed E-state index contributed by atoms with van der Waals surface area (Å²) in [5, 5.41) is 0. The molecule has 0 fully saturated rings. The number of rotatable bonds is 5. The van der Waals surface area contributed by atoms with Crippen LogP contribution in [0.4, 0.5) is 0 Å². The van der Waals surface area contributed by atoms with Crippen LogP contribution in [0.25, 0.3) is 0 Å². The smallest absolute Gasteiger partial charge is 0.347 e. The molecule has 0 aliphatic heterocycles. The number of ether oxygens (including phenoxy) is 2. The summed E-state index contributed by atoms with van der Waals surface area (Å²) in [5.74, 6) is 0.404. The Labute approximate surface area is 110 Å². The number of carbonyl (C=O) groups excluding carboxylic acids is 1. The standard InChI is InChI=1S/C13H17BrO3/c1-4-16-13(15)12(9(2)3)17-11-7-5-6-10(14)8-11/h5-9,12H,4H2,1-3H3. The first kappa shape index (κ1) is 14.0. The number of benzene rings is 1. The van der Waals surface area contributed by atoms with Crippen LogP contribution in [-0.4, -0.2) is 18.7 Å². The highest BCUT2D eigenvalue weighted by Gasteiger charge is 2.25. The molecule has 0 saturated carbocycles. The van der Waals surface area contributed by atoms with Crippen LogP contribution in [-0.2, 0) is 9.53 Å². The molecule has 94 valence electrons. The molecule has 0 radical (unpaired) electrons. The zero-order valence-corrected chi connectivity index (χ0v) is 11.9. The van der Waals surface area contributed by atoms with Crippen molar-refractivity contribution in [1.29, 1.82) is 0 Å². The molecule has 0 aliphatic rings. The van der Waals surface area contributed by atoms with E-state index in [-0.39, 0.29) is 11.9 Å². The van der Waals surface area contributed by atoms with Crippen LogP contribution < -0.4 is 4.74 Å². The van der Waals surface area contributed by atoms with Gasteiger partial charge >= 0.3 is 5.97 Å². The lowest BCUT2D eigenvalue weighted by Crippen LogP contribution is -2.34. The minimum Gasteiger partial charge on any atom is -0.478 e. The fourth-order valence-corrected chi connectivity index (χ4v) is 1.75. The quantitative estimate of drug-likeness (QED) is 0.782. The van der Waals surface area contributed by atoms with Gasteiger partial charge in [0, 0.05) is 10.4 Å². The fourth-order valence-electron chi connectivity index (χ4n) is 1.37. The van der Waals surface area contributed by atoms with Gasteiger partial charge in [0.2, 0.25) is 0 Å². The Balaban J connectivity index is 2.76. The molecule has 0 aromatic heterocycles. The van der Waals surface area contributed by atoms with Crippen molar-refractivity contribution in [1.82, 2.24) is 0 Å². The predicted octanol–water partition coefficient (Wildman–Crippen LogP) is 3.42. The Morgan fingerprint density at radius 2 is 2.12 bits per heavy atom. The maximum Gasteiger partial charge on any atom is 0.347 e. The maximum atomic E-state index is 11.7. The fraction of sp³-hybridized carbons (Fsp3) is 0.462. The van der Waals surface area contributed by atoms with Gasteiger partial charge in [0.15, 0.2) is 6.10 Å². The predicted molar refractivity (Wildman–Crippen MR) is 70.0 cm³/mol. The Morgan fingerprint density at radius 1 is 1.41 bits per heavy atom. The Kier molecular flexibility index (Phi) is 5.48. The van der Waals surface area contributed by atoms with Crippen LogP contribution in [0.15, 0.2) is 28.7 Å². The van der Waals surface area contributed by atoms with E-state index < -0.39 is 6.10 Å². The van der Waals surface area contributed by atoms with Crippen LogP contribution in [0, 0.1) is 5.92 Å². The summed E-state index contributed by atoms with van der Waals surface area (Å²) in [6, 6.07) is 7.41. The monoisotopic (exact) mass is 300 g/mol. The van der Waals surface area contributed by atoms with Gasteiger partial charge in [-0.15, -0.1) is 0 Å². The van der Waals surface area contributed by atoms with Gasteiger partial charge in [-0.05, 0) is 25.1 Å². The molecule has 3 nitrogen and oxygen atoms in total. The summed E-state index contributed by atoms with van der Waals surface area (Å²) in [6.07, 6.45) is -0.566. The van der Waals surface area contributed by atoms with Crippen LogP contribution in [0.5, 0.6) is 5.75 Å². The summed E-state index contributed by atoms with van der Waals surface area (Å²) in [6.45, 7) is 6.01. The second kappa shape index (κ2) is 6.64. The van der Waals surface area contributed by atoms with Gasteiger partial charge in [-0.3, -0.25) is 0 Å². The second-order valence-electron chi connectivity index (χ2n) is 3.99. The third-order valence-electron chi connectivity index (χ3n) is 2.18. The molecule has 0 spiro atoms. The molecule has 0 bridgehead atoms. The van der Waals surface area contributed by atoms with Crippen molar-refractivity contribution in [2.24, 2.45) is 5.92 Å². The van der Waals surface area contributed by atoms with Crippen molar-refractivity contribution in [3.05, 3.63) is 28.7 Å². The molecular weight excluding hydrogens is 284 g/mol. The van der Waals surface area contributed by atoms with E-state index in [9.17, 15) is 4.79 Å². The van der Waals surface area contributed by atoms with Crippen molar-refractivity contribution in [3.8, 4) is 5.75 Å². The van der Waals surface area contributed by atoms with Gasteiger partial charge in [-0.25, -0.2) is 4.79 Å². The third-order valence-corrected chi connectivity index (χ3v) is 2.68. The van der Waals surface area contributed by atoms with Crippen molar-refractivity contribution < 1.29 is 14.3 Å². The first-order valence-electron chi connectivity index (χ1n) is 5.63. The second-order valence-corrected chi connectivity index (χ2v) is 4.91. The lowest BCUT2D eigenvalue weighted by atomic mass is 10.1. The molecule has 0 saturated heterocycles. The molecule has 0 heterocycles. The summed E-state index contributed by atoms with van der Waals surface area (Å²) >= 11 is 3.36. The molecule has 0 N–H and O–H groups in total. The lowest BCUT2D eigenvalue weighted by molar-refractivity contribution is -0.153. The molecule has 0 amide bonds. The van der Waals surface area contributed by atoms with Gasteiger partial charge in [-0.1, -0.05) is 35.8 Å². The summed E-state index contributed by atoms with van der Waals surface area (Å²) in [7, 11) is 0. The maximum absolute atomic E-state index is 11.7. The van der Waals surface area contributed by atoms with Crippen LogP contribution in [0.2, 0.25) is 0 Å². The van der Waals surface area contributed by atoms with Crippen LogP contribution >= 0.6 is 15.9 Å². The molecule has 17 heavy (non-hydrogen) atoms. The number of hydrogen-bond acceptors (Lipinski definition) is 3. The summed E-state index contributed by atoms with van der Waals surface area (Å²) < 4.78 is 11.6. The SMILES string of the molecule is CCOC(=O)C(Oc1cccc(Br)c1)C(C)C. The zero-order chi connectivity index (χ0) is 12.8. The largest absolute Gasteiger partial charge is 0.478 e. The molecule has 1 atom stereocenters. The minimum atomic E-state index is -0.566. The summed E-state index contributed by atoms with van der Waals surface area (Å²) in [5.41, 5.74) is 0. The molecule has 1 aromatic rings. The zero-order valence-electron chi connectivity index (χ0n) is 10.3. The van der Waals surface area contributed by atoms with Gasteiger partial charge in [0.1, 0.15) is 5.75 Å². The average molecular weight is 301 g/mol. The highest BCUT2D eigenvalue weighted by atomic mass is 79.9. The van der Waals surface area contributed by atoms with E-state index in [0.29, 0.717) is 12.4 Å². The highest BCUT2D eigenvalue weighted by Crippen LogP contribution is 2.21. The topological polar surface area (TPSA) is 35.5 Å². The molecule has 1 rings (SSSR count). The number of hydrogen-bond donors (Lipinski definition) is 0. The first-order valence-corrected chi connectivity index (χ1v) is 6.42. The van der Waals surface area contributed by atoms with Crippen LogP contribution in [0.1, 0.15) is 20.8 Å². The normalized spacial score (nSPS) is 12.3. The van der Waals surface area contributed by atoms with E-state index >= 15 is 0 Å². The lowest BCUT2D eigenvalue weighted by Gasteiger charge is -2.20. The average Bonchev–Trinajstić information content (AvgIpc) is 2.26. The molecular formula is C13H17BrO3. The van der Waals surface area contributed by atoms with Gasteiger partial charge in [0.25, 0.3) is 0 Å². The molecule has 4 heteroatoms. The minimum absolute atomic E-state index is 0.0630. The van der Waals surface area contributed by atoms with E-state index in [1.807, 2.05) is 38.1 Å². The number of halogens is 1. The van der Waals surface area contributed by atoms with E-state index in [0.717, 1.165) is 4.47 Å². The number of carbonyl (C=O) groups is 1. The van der Waals surface area contributed by atoms with E-state index in [2.05, 4.69) is 15.9 Å². The van der Waals surface area contributed by atoms with E-state index in [4.69, 9.17) is 9.47 Å². The Morgan fingerprint density at radius 3 is 2.65 bits per heavy atom. The molecule has 0 aliphatic carbocycles. The van der Waals surface area contributed by atoms with Crippen molar-refractivity contribution in [2.45, 2.75) is 26.9 Å². The Bertz CT molecular complexity index is 377. The van der Waals surface area contributed by atoms with Crippen LogP contribution in [0.3, 0.4) is 0 Å². The van der Waals surface area contributed by atoms with Crippen molar-refractivity contribution in [2.75, 3.05) is 6.61 Å². The van der Waals surface area contributed by atoms with Gasteiger partial charge < -0.3 is 9.47 Å². The molecule has 1 unspecified atom stereocenters. The van der Waals surface area contributed by atoms with E-state index in [1.165, 1.54) is 0 Å². The molecule has 1 aromatic carbocycles. The number of esters is 1. The van der Waals surface area contributed by atoms with Crippen molar-refractivity contribution >= 4 is 21.9 Å². The van der Waals surface area contributed by atoms with E-state index in [1.54, 1.807) is 6.92 Å². The van der Waals surface area contributed by atoms with Crippen molar-refractivity contribution in [3.63, 3.8) is 0 Å². The summed E-state index contributed by atoms with van der Waals surface area (Å²) in [4.78, 5) is 11.7. The Hall–Kier alpha value is -1.03. The highest BCUT2D eigenvalue weighted by molar-refractivity contribution is 9.10. The first-order chi connectivity index (χ1) is 8.04. The van der Waals surface area contributed by atoms with Gasteiger partial charge in [0.05, 0.1) is 6.61 Å². The third kappa shape index (κ3) is 4.38. The van der Waals surface area contributed by atoms with Gasteiger partial charge in [-0.2, -0.15) is 0 Å².